The Morgan fingerprint density at radius 3 is 2.28 bits per heavy atom. The molecule has 29 heavy (non-hydrogen) atoms. The molecule has 0 spiro atoms. The number of hydrogen-bond donors (Lipinski definition) is 1. The van der Waals surface area contributed by atoms with E-state index < -0.39 is 0 Å². The van der Waals surface area contributed by atoms with E-state index >= 15 is 0 Å². The minimum absolute atomic E-state index is 0.00242. The Balaban J connectivity index is 1.95. The van der Waals surface area contributed by atoms with Gasteiger partial charge in [0.25, 0.3) is 5.56 Å². The quantitative estimate of drug-likeness (QED) is 0.662. The van der Waals surface area contributed by atoms with E-state index in [-0.39, 0.29) is 18.0 Å². The Morgan fingerprint density at radius 2 is 1.66 bits per heavy atom. The lowest BCUT2D eigenvalue weighted by Crippen LogP contribution is -2.31. The monoisotopic (exact) mass is 394 g/mol. The maximum absolute atomic E-state index is 12.7. The van der Waals surface area contributed by atoms with Gasteiger partial charge in [0.05, 0.1) is 26.3 Å². The molecule has 1 amide bonds. The highest BCUT2D eigenvalue weighted by atomic mass is 16.5. The Morgan fingerprint density at radius 1 is 1.00 bits per heavy atom. The molecule has 0 atom stereocenters. The van der Waals surface area contributed by atoms with Gasteiger partial charge in [-0.2, -0.15) is 0 Å². The zero-order valence-electron chi connectivity index (χ0n) is 17.2. The fraction of sp³-hybridized carbons (Fsp3) is 0.304. The zero-order chi connectivity index (χ0) is 21.0. The highest BCUT2D eigenvalue weighted by Crippen LogP contribution is 2.31. The van der Waals surface area contributed by atoms with Crippen molar-refractivity contribution in [2.75, 3.05) is 14.2 Å². The first-order valence-corrected chi connectivity index (χ1v) is 9.56. The van der Waals surface area contributed by atoms with E-state index in [0.29, 0.717) is 35.5 Å². The average molecular weight is 394 g/mol. The summed E-state index contributed by atoms with van der Waals surface area (Å²) in [5.41, 5.74) is 3.16. The predicted octanol–water partition coefficient (Wildman–Crippen LogP) is 3.79. The number of pyridine rings is 1. The maximum Gasteiger partial charge on any atom is 0.253 e. The van der Waals surface area contributed by atoms with Crippen molar-refractivity contribution in [2.24, 2.45) is 0 Å². The number of nitrogens with zero attached hydrogens (tertiary/aromatic N) is 1. The molecule has 0 unspecified atom stereocenters. The lowest BCUT2D eigenvalue weighted by molar-refractivity contribution is -0.132. The molecule has 3 rings (SSSR count). The number of rotatable bonds is 7. The van der Waals surface area contributed by atoms with Crippen LogP contribution in [-0.2, 0) is 17.9 Å². The SMILES string of the molecule is CCC(=O)N(Cc1ccc(C)cc1)Cc1cc2cc(OC)c(OC)cc2[nH]c1=O. The third kappa shape index (κ3) is 4.59. The molecule has 0 aliphatic rings. The predicted molar refractivity (Wildman–Crippen MR) is 113 cm³/mol. The van der Waals surface area contributed by atoms with Crippen LogP contribution < -0.4 is 15.0 Å². The number of methoxy groups -OCH3 is 2. The summed E-state index contributed by atoms with van der Waals surface area (Å²) in [6, 6.07) is 13.4. The molecule has 0 saturated heterocycles. The molecule has 1 N–H and O–H groups in total. The maximum atomic E-state index is 12.7. The third-order valence-electron chi connectivity index (χ3n) is 4.94. The summed E-state index contributed by atoms with van der Waals surface area (Å²) in [6.45, 7) is 4.54. The van der Waals surface area contributed by atoms with E-state index in [4.69, 9.17) is 9.47 Å². The van der Waals surface area contributed by atoms with Crippen LogP contribution in [0.25, 0.3) is 10.9 Å². The largest absolute Gasteiger partial charge is 0.493 e. The topological polar surface area (TPSA) is 71.6 Å². The summed E-state index contributed by atoms with van der Waals surface area (Å²) < 4.78 is 10.7. The fourth-order valence-electron chi connectivity index (χ4n) is 3.27. The summed E-state index contributed by atoms with van der Waals surface area (Å²) in [4.78, 5) is 29.8. The fourth-order valence-corrected chi connectivity index (χ4v) is 3.27. The first kappa shape index (κ1) is 20.5. The summed E-state index contributed by atoms with van der Waals surface area (Å²) in [7, 11) is 3.12. The number of ether oxygens (including phenoxy) is 2. The number of H-pyrrole nitrogens is 1. The molecule has 0 fully saturated rings. The molecule has 6 nitrogen and oxygen atoms in total. The number of aromatic nitrogens is 1. The van der Waals surface area contributed by atoms with Crippen LogP contribution in [0.1, 0.15) is 30.0 Å². The van der Waals surface area contributed by atoms with Gasteiger partial charge in [0.1, 0.15) is 0 Å². The summed E-state index contributed by atoms with van der Waals surface area (Å²) >= 11 is 0. The molecule has 1 aromatic heterocycles. The molecule has 0 bridgehead atoms. The lowest BCUT2D eigenvalue weighted by atomic mass is 10.1. The number of nitrogens with one attached hydrogen (secondary N) is 1. The molecule has 0 aliphatic heterocycles. The Kier molecular flexibility index (Phi) is 6.22. The molecule has 1 heterocycles. The third-order valence-corrected chi connectivity index (χ3v) is 4.94. The molecule has 0 radical (unpaired) electrons. The smallest absolute Gasteiger partial charge is 0.253 e. The van der Waals surface area contributed by atoms with Gasteiger partial charge in [-0.05, 0) is 24.6 Å². The Bertz CT molecular complexity index is 1070. The van der Waals surface area contributed by atoms with E-state index in [1.807, 2.05) is 44.2 Å². The number of aromatic amines is 1. The van der Waals surface area contributed by atoms with Crippen molar-refractivity contribution < 1.29 is 14.3 Å². The van der Waals surface area contributed by atoms with Crippen LogP contribution >= 0.6 is 0 Å². The van der Waals surface area contributed by atoms with E-state index in [2.05, 4.69) is 4.98 Å². The van der Waals surface area contributed by atoms with Gasteiger partial charge in [-0.25, -0.2) is 0 Å². The van der Waals surface area contributed by atoms with Crippen LogP contribution in [0.3, 0.4) is 0 Å². The highest BCUT2D eigenvalue weighted by molar-refractivity contribution is 5.83. The van der Waals surface area contributed by atoms with Crippen LogP contribution in [0.4, 0.5) is 0 Å². The van der Waals surface area contributed by atoms with Crippen molar-refractivity contribution in [1.29, 1.82) is 0 Å². The normalized spacial score (nSPS) is 10.8. The van der Waals surface area contributed by atoms with Gasteiger partial charge in [-0.15, -0.1) is 0 Å². The van der Waals surface area contributed by atoms with Crippen LogP contribution in [0.15, 0.2) is 47.3 Å². The van der Waals surface area contributed by atoms with Gasteiger partial charge in [0.2, 0.25) is 5.91 Å². The number of aryl methyl sites for hydroxylation is 1. The van der Waals surface area contributed by atoms with Crippen molar-refractivity contribution >= 4 is 16.8 Å². The molecular weight excluding hydrogens is 368 g/mol. The second-order valence-corrected chi connectivity index (χ2v) is 7.01. The van der Waals surface area contributed by atoms with Crippen molar-refractivity contribution in [1.82, 2.24) is 9.88 Å². The van der Waals surface area contributed by atoms with Gasteiger partial charge in [-0.1, -0.05) is 36.8 Å². The van der Waals surface area contributed by atoms with E-state index in [9.17, 15) is 9.59 Å². The standard InChI is InChI=1S/C23H26N2O4/c1-5-22(26)25(13-16-8-6-15(2)7-9-16)14-18-10-17-11-20(28-3)21(29-4)12-19(17)24-23(18)27/h6-12H,5,13-14H2,1-4H3,(H,24,27). The minimum atomic E-state index is -0.220. The Labute approximate surface area is 170 Å². The van der Waals surface area contributed by atoms with Gasteiger partial charge in [0, 0.05) is 30.0 Å². The first-order chi connectivity index (χ1) is 13.9. The number of fused-ring (bicyclic) bond motifs is 1. The zero-order valence-corrected chi connectivity index (χ0v) is 17.2. The van der Waals surface area contributed by atoms with E-state index in [1.54, 1.807) is 31.3 Å². The number of carbonyl (C=O) groups excluding carboxylic acids is 1. The molecule has 0 aliphatic carbocycles. The number of amides is 1. The van der Waals surface area contributed by atoms with Crippen LogP contribution in [-0.4, -0.2) is 30.0 Å². The Hall–Kier alpha value is -3.28. The summed E-state index contributed by atoms with van der Waals surface area (Å²) in [5, 5.41) is 0.816. The molecule has 152 valence electrons. The summed E-state index contributed by atoms with van der Waals surface area (Å²) in [5.74, 6) is 1.13. The average Bonchev–Trinajstić information content (AvgIpc) is 2.73. The number of benzene rings is 2. The van der Waals surface area contributed by atoms with Gasteiger partial charge in [0.15, 0.2) is 11.5 Å². The molecule has 0 saturated carbocycles. The van der Waals surface area contributed by atoms with Gasteiger partial charge < -0.3 is 19.4 Å². The second-order valence-electron chi connectivity index (χ2n) is 7.01. The van der Waals surface area contributed by atoms with Crippen LogP contribution in [0, 0.1) is 6.92 Å². The van der Waals surface area contributed by atoms with E-state index in [0.717, 1.165) is 16.5 Å². The second kappa shape index (κ2) is 8.82. The van der Waals surface area contributed by atoms with Crippen molar-refractivity contribution in [2.45, 2.75) is 33.4 Å². The number of carbonyl (C=O) groups is 1. The molecule has 2 aromatic carbocycles. The lowest BCUT2D eigenvalue weighted by Gasteiger charge is -2.22. The molecular formula is C23H26N2O4. The highest BCUT2D eigenvalue weighted by Gasteiger charge is 2.16. The molecule has 3 aromatic rings. The molecule has 6 heteroatoms. The van der Waals surface area contributed by atoms with Crippen LogP contribution in [0.2, 0.25) is 0 Å². The first-order valence-electron chi connectivity index (χ1n) is 9.56. The summed E-state index contributed by atoms with van der Waals surface area (Å²) in [6.07, 6.45) is 0.377. The van der Waals surface area contributed by atoms with Gasteiger partial charge in [-0.3, -0.25) is 9.59 Å². The van der Waals surface area contributed by atoms with Crippen molar-refractivity contribution in [3.8, 4) is 11.5 Å². The van der Waals surface area contributed by atoms with Crippen molar-refractivity contribution in [3.63, 3.8) is 0 Å². The minimum Gasteiger partial charge on any atom is -0.493 e. The van der Waals surface area contributed by atoms with Crippen LogP contribution in [0.5, 0.6) is 11.5 Å². The van der Waals surface area contributed by atoms with E-state index in [1.165, 1.54) is 0 Å². The number of hydrogen-bond acceptors (Lipinski definition) is 4. The van der Waals surface area contributed by atoms with Gasteiger partial charge >= 0.3 is 0 Å². The van der Waals surface area contributed by atoms with Crippen molar-refractivity contribution in [3.05, 3.63) is 69.5 Å².